The van der Waals surface area contributed by atoms with E-state index in [2.05, 4.69) is 15.8 Å². The number of benzene rings is 2. The fourth-order valence-electron chi connectivity index (χ4n) is 1.96. The Morgan fingerprint density at radius 1 is 1.16 bits per heavy atom. The first-order valence-electron chi connectivity index (χ1n) is 7.77. The average molecular weight is 378 g/mol. The van der Waals surface area contributed by atoms with Gasteiger partial charge in [-0.05, 0) is 60.6 Å². The van der Waals surface area contributed by atoms with Crippen molar-refractivity contribution in [3.05, 3.63) is 58.6 Å². The smallest absolute Gasteiger partial charge is 0.186 e. The van der Waals surface area contributed by atoms with Crippen LogP contribution in [-0.4, -0.2) is 25.0 Å². The highest BCUT2D eigenvalue weighted by Gasteiger charge is 2.06. The molecule has 2 rings (SSSR count). The number of hydrogen-bond acceptors (Lipinski definition) is 4. The molecule has 0 unspecified atom stereocenters. The fraction of sp³-hybridized carbons (Fsp3) is 0.222. The molecule has 0 spiro atoms. The second kappa shape index (κ2) is 9.86. The summed E-state index contributed by atoms with van der Waals surface area (Å²) >= 11 is 10.9. The van der Waals surface area contributed by atoms with Crippen LogP contribution >= 0.6 is 23.8 Å². The number of nitrogens with one attached hydrogen (secondary N) is 2. The molecule has 0 aliphatic carbocycles. The van der Waals surface area contributed by atoms with Crippen molar-refractivity contribution in [2.45, 2.75) is 13.5 Å². The first-order valence-corrected chi connectivity index (χ1v) is 8.56. The number of thiocarbonyl (C=S) groups is 1. The normalized spacial score (nSPS) is 10.5. The Morgan fingerprint density at radius 3 is 2.60 bits per heavy atom. The second-order valence-electron chi connectivity index (χ2n) is 5.00. The zero-order valence-electron chi connectivity index (χ0n) is 14.1. The van der Waals surface area contributed by atoms with Gasteiger partial charge in [0, 0.05) is 12.1 Å². The van der Waals surface area contributed by atoms with Crippen LogP contribution in [0.1, 0.15) is 18.1 Å². The van der Waals surface area contributed by atoms with Crippen molar-refractivity contribution in [1.29, 1.82) is 0 Å². The van der Waals surface area contributed by atoms with Gasteiger partial charge < -0.3 is 14.8 Å². The Bertz CT molecular complexity index is 736. The number of halogens is 1. The van der Waals surface area contributed by atoms with E-state index in [1.807, 2.05) is 49.4 Å². The summed E-state index contributed by atoms with van der Waals surface area (Å²) in [5.74, 6) is 1.34. The van der Waals surface area contributed by atoms with Gasteiger partial charge in [0.15, 0.2) is 16.6 Å². The zero-order valence-corrected chi connectivity index (χ0v) is 15.7. The monoisotopic (exact) mass is 377 g/mol. The van der Waals surface area contributed by atoms with Gasteiger partial charge in [-0.3, -0.25) is 5.43 Å². The SMILES string of the molecule is CCOc1cc(/C=N\NC(=S)NC)ccc1OCc1ccc(Cl)cc1. The summed E-state index contributed by atoms with van der Waals surface area (Å²) in [5, 5.41) is 7.99. The molecule has 0 aromatic heterocycles. The van der Waals surface area contributed by atoms with Crippen LogP contribution in [0.3, 0.4) is 0 Å². The third kappa shape index (κ3) is 6.25. The predicted octanol–water partition coefficient (Wildman–Crippen LogP) is 3.75. The lowest BCUT2D eigenvalue weighted by Gasteiger charge is -2.12. The lowest BCUT2D eigenvalue weighted by Crippen LogP contribution is -2.28. The molecule has 0 aliphatic heterocycles. The molecule has 0 fully saturated rings. The highest BCUT2D eigenvalue weighted by molar-refractivity contribution is 7.80. The van der Waals surface area contributed by atoms with Crippen molar-refractivity contribution in [1.82, 2.24) is 10.7 Å². The molecule has 2 aromatic rings. The number of hydrazone groups is 1. The van der Waals surface area contributed by atoms with Crippen molar-refractivity contribution in [3.8, 4) is 11.5 Å². The molecule has 7 heteroatoms. The van der Waals surface area contributed by atoms with Crippen LogP contribution in [-0.2, 0) is 6.61 Å². The molecule has 2 N–H and O–H groups in total. The minimum absolute atomic E-state index is 0.433. The molecule has 0 heterocycles. The number of nitrogens with zero attached hydrogens (tertiary/aromatic N) is 1. The van der Waals surface area contributed by atoms with Gasteiger partial charge in [0.25, 0.3) is 0 Å². The molecule has 0 saturated carbocycles. The highest BCUT2D eigenvalue weighted by atomic mass is 35.5. The molecule has 0 bridgehead atoms. The topological polar surface area (TPSA) is 54.9 Å². The Kier molecular flexibility index (Phi) is 7.50. The summed E-state index contributed by atoms with van der Waals surface area (Å²) < 4.78 is 11.5. The minimum atomic E-state index is 0.433. The largest absolute Gasteiger partial charge is 0.490 e. The molecule has 2 aromatic carbocycles. The van der Waals surface area contributed by atoms with E-state index in [1.165, 1.54) is 0 Å². The molecule has 132 valence electrons. The van der Waals surface area contributed by atoms with E-state index in [-0.39, 0.29) is 0 Å². The van der Waals surface area contributed by atoms with Gasteiger partial charge in [-0.1, -0.05) is 23.7 Å². The maximum Gasteiger partial charge on any atom is 0.186 e. The van der Waals surface area contributed by atoms with Crippen LogP contribution in [0.25, 0.3) is 0 Å². The Hall–Kier alpha value is -2.31. The zero-order chi connectivity index (χ0) is 18.1. The Balaban J connectivity index is 2.06. The summed E-state index contributed by atoms with van der Waals surface area (Å²) in [4.78, 5) is 0. The third-order valence-electron chi connectivity index (χ3n) is 3.18. The lowest BCUT2D eigenvalue weighted by atomic mass is 10.2. The quantitative estimate of drug-likeness (QED) is 0.437. The third-order valence-corrected chi connectivity index (χ3v) is 3.73. The summed E-state index contributed by atoms with van der Waals surface area (Å²) in [6.07, 6.45) is 1.66. The predicted molar refractivity (Wildman–Crippen MR) is 106 cm³/mol. The van der Waals surface area contributed by atoms with Crippen molar-refractivity contribution in [2.75, 3.05) is 13.7 Å². The van der Waals surface area contributed by atoms with Crippen LogP contribution in [0.4, 0.5) is 0 Å². The van der Waals surface area contributed by atoms with Crippen molar-refractivity contribution < 1.29 is 9.47 Å². The Morgan fingerprint density at radius 2 is 1.92 bits per heavy atom. The first-order chi connectivity index (χ1) is 12.1. The maximum absolute atomic E-state index is 5.89. The van der Waals surface area contributed by atoms with Gasteiger partial charge >= 0.3 is 0 Å². The summed E-state index contributed by atoms with van der Waals surface area (Å²) in [6, 6.07) is 13.2. The highest BCUT2D eigenvalue weighted by Crippen LogP contribution is 2.29. The first kappa shape index (κ1) is 19.0. The molecule has 0 atom stereocenters. The summed E-state index contributed by atoms with van der Waals surface area (Å²) in [6.45, 7) is 2.90. The summed E-state index contributed by atoms with van der Waals surface area (Å²) in [5.41, 5.74) is 4.60. The van der Waals surface area contributed by atoms with Gasteiger partial charge in [-0.2, -0.15) is 5.10 Å². The number of ether oxygens (including phenoxy) is 2. The van der Waals surface area contributed by atoms with Crippen molar-refractivity contribution in [2.24, 2.45) is 5.10 Å². The molecule has 0 radical (unpaired) electrons. The van der Waals surface area contributed by atoms with Gasteiger partial charge in [-0.25, -0.2) is 0 Å². The molecule has 0 saturated heterocycles. The second-order valence-corrected chi connectivity index (χ2v) is 5.85. The van der Waals surface area contributed by atoms with E-state index in [0.717, 1.165) is 11.1 Å². The number of rotatable bonds is 7. The van der Waals surface area contributed by atoms with Gasteiger partial charge in [0.2, 0.25) is 0 Å². The van der Waals surface area contributed by atoms with E-state index in [9.17, 15) is 0 Å². The molecule has 5 nitrogen and oxygen atoms in total. The van der Waals surface area contributed by atoms with Crippen LogP contribution in [0.5, 0.6) is 11.5 Å². The van der Waals surface area contributed by atoms with Gasteiger partial charge in [0.1, 0.15) is 6.61 Å². The maximum atomic E-state index is 5.89. The lowest BCUT2D eigenvalue weighted by molar-refractivity contribution is 0.269. The number of hydrogen-bond donors (Lipinski definition) is 2. The molecule has 25 heavy (non-hydrogen) atoms. The fourth-order valence-corrected chi connectivity index (χ4v) is 2.13. The summed E-state index contributed by atoms with van der Waals surface area (Å²) in [7, 11) is 1.73. The molecular weight excluding hydrogens is 358 g/mol. The average Bonchev–Trinajstić information content (AvgIpc) is 2.62. The van der Waals surface area contributed by atoms with Gasteiger partial charge in [-0.15, -0.1) is 0 Å². The van der Waals surface area contributed by atoms with Gasteiger partial charge in [0.05, 0.1) is 12.8 Å². The molecule has 0 amide bonds. The van der Waals surface area contributed by atoms with Crippen LogP contribution in [0.15, 0.2) is 47.6 Å². The minimum Gasteiger partial charge on any atom is -0.490 e. The van der Waals surface area contributed by atoms with Crippen LogP contribution < -0.4 is 20.2 Å². The van der Waals surface area contributed by atoms with Crippen LogP contribution in [0, 0.1) is 0 Å². The Labute approximate surface area is 158 Å². The van der Waals surface area contributed by atoms with E-state index in [4.69, 9.17) is 33.3 Å². The van der Waals surface area contributed by atoms with E-state index < -0.39 is 0 Å². The molecular formula is C18H20ClN3O2S. The van der Waals surface area contributed by atoms with E-state index in [0.29, 0.717) is 34.8 Å². The van der Waals surface area contributed by atoms with Crippen molar-refractivity contribution in [3.63, 3.8) is 0 Å². The van der Waals surface area contributed by atoms with E-state index >= 15 is 0 Å². The van der Waals surface area contributed by atoms with E-state index in [1.54, 1.807) is 13.3 Å². The standard InChI is InChI=1S/C18H20ClN3O2S/c1-3-23-17-10-14(11-21-22-18(25)20-2)6-9-16(17)24-12-13-4-7-15(19)8-5-13/h4-11H,3,12H2,1-2H3,(H2,20,22,25)/b21-11-. The molecule has 0 aliphatic rings. The van der Waals surface area contributed by atoms with Crippen LogP contribution in [0.2, 0.25) is 5.02 Å². The van der Waals surface area contributed by atoms with Crippen molar-refractivity contribution >= 4 is 35.1 Å².